The molecule has 0 aliphatic rings. The smallest absolute Gasteiger partial charge is 0.277 e. The summed E-state index contributed by atoms with van der Waals surface area (Å²) in [6, 6.07) is 8.45. The molecule has 0 saturated carbocycles. The molecule has 0 unspecified atom stereocenters. The molecular formula is C16H11Cl2N3O2. The third-order valence-electron chi connectivity index (χ3n) is 3.06. The lowest BCUT2D eigenvalue weighted by Gasteiger charge is -2.02. The average molecular weight is 348 g/mol. The highest BCUT2D eigenvalue weighted by molar-refractivity contribution is 6.42. The van der Waals surface area contributed by atoms with E-state index in [9.17, 15) is 4.79 Å². The Balaban J connectivity index is 1.81. The van der Waals surface area contributed by atoms with E-state index in [1.54, 1.807) is 36.5 Å². The number of aryl methyl sites for hydroxylation is 1. The van der Waals surface area contributed by atoms with Crippen molar-refractivity contribution in [2.45, 2.75) is 6.92 Å². The van der Waals surface area contributed by atoms with E-state index in [-0.39, 0.29) is 11.6 Å². The first-order valence-corrected chi connectivity index (χ1v) is 7.43. The molecule has 1 amide bonds. The van der Waals surface area contributed by atoms with Gasteiger partial charge in [-0.25, -0.2) is 4.98 Å². The summed E-state index contributed by atoms with van der Waals surface area (Å²) in [7, 11) is 0. The second-order valence-corrected chi connectivity index (χ2v) is 5.62. The molecule has 2 aromatic heterocycles. The van der Waals surface area contributed by atoms with Gasteiger partial charge in [0, 0.05) is 23.1 Å². The summed E-state index contributed by atoms with van der Waals surface area (Å²) in [4.78, 5) is 20.4. The van der Waals surface area contributed by atoms with Crippen LogP contribution in [0.2, 0.25) is 10.0 Å². The molecule has 7 heteroatoms. The summed E-state index contributed by atoms with van der Waals surface area (Å²) >= 11 is 11.8. The zero-order chi connectivity index (χ0) is 16.4. The predicted molar refractivity (Wildman–Crippen MR) is 88.9 cm³/mol. The van der Waals surface area contributed by atoms with Crippen molar-refractivity contribution >= 4 is 34.8 Å². The SMILES string of the molecule is Cc1cc(NC(=O)c2coc(-c3ccc(Cl)c(Cl)c3)n2)ccn1. The fourth-order valence-electron chi connectivity index (χ4n) is 1.96. The standard InChI is InChI=1S/C16H11Cl2N3O2/c1-9-6-11(4-5-19-9)20-15(22)14-8-23-16(21-14)10-2-3-12(17)13(18)7-10/h2-8H,1H3,(H,19,20,22). The highest BCUT2D eigenvalue weighted by Crippen LogP contribution is 2.28. The first-order chi connectivity index (χ1) is 11.0. The van der Waals surface area contributed by atoms with Crippen LogP contribution in [0.15, 0.2) is 47.2 Å². The van der Waals surface area contributed by atoms with Gasteiger partial charge >= 0.3 is 0 Å². The molecule has 23 heavy (non-hydrogen) atoms. The molecule has 0 fully saturated rings. The molecule has 0 aliphatic carbocycles. The van der Waals surface area contributed by atoms with Crippen molar-refractivity contribution in [3.8, 4) is 11.5 Å². The lowest BCUT2D eigenvalue weighted by atomic mass is 10.2. The van der Waals surface area contributed by atoms with Crippen molar-refractivity contribution in [3.63, 3.8) is 0 Å². The number of rotatable bonds is 3. The number of oxazole rings is 1. The average Bonchev–Trinajstić information content (AvgIpc) is 3.00. The molecule has 2 heterocycles. The summed E-state index contributed by atoms with van der Waals surface area (Å²) in [5.74, 6) is -0.0784. The van der Waals surface area contributed by atoms with E-state index in [2.05, 4.69) is 15.3 Å². The normalized spacial score (nSPS) is 10.6. The number of nitrogens with one attached hydrogen (secondary N) is 1. The largest absolute Gasteiger partial charge is 0.444 e. The van der Waals surface area contributed by atoms with Crippen molar-refractivity contribution in [3.05, 3.63) is 64.2 Å². The van der Waals surface area contributed by atoms with Crippen LogP contribution in [0.4, 0.5) is 5.69 Å². The Morgan fingerprint density at radius 3 is 2.74 bits per heavy atom. The number of pyridine rings is 1. The second-order valence-electron chi connectivity index (χ2n) is 4.81. The fraction of sp³-hybridized carbons (Fsp3) is 0.0625. The first-order valence-electron chi connectivity index (χ1n) is 6.68. The van der Waals surface area contributed by atoms with Gasteiger partial charge in [0.15, 0.2) is 5.69 Å². The van der Waals surface area contributed by atoms with Crippen molar-refractivity contribution in [1.82, 2.24) is 9.97 Å². The summed E-state index contributed by atoms with van der Waals surface area (Å²) in [6.45, 7) is 1.84. The van der Waals surface area contributed by atoms with E-state index < -0.39 is 0 Å². The number of hydrogen-bond acceptors (Lipinski definition) is 4. The van der Waals surface area contributed by atoms with Crippen LogP contribution in [0.1, 0.15) is 16.2 Å². The van der Waals surface area contributed by atoms with Gasteiger partial charge in [0.1, 0.15) is 6.26 Å². The molecule has 0 aliphatic heterocycles. The number of aromatic nitrogens is 2. The molecule has 0 spiro atoms. The third kappa shape index (κ3) is 3.52. The zero-order valence-electron chi connectivity index (χ0n) is 12.0. The van der Waals surface area contributed by atoms with Crippen molar-refractivity contribution in [1.29, 1.82) is 0 Å². The Bertz CT molecular complexity index is 877. The highest BCUT2D eigenvalue weighted by atomic mass is 35.5. The minimum absolute atomic E-state index is 0.167. The minimum Gasteiger partial charge on any atom is -0.444 e. The molecule has 1 aromatic carbocycles. The van der Waals surface area contributed by atoms with Gasteiger partial charge in [0.2, 0.25) is 5.89 Å². The molecule has 0 saturated heterocycles. The Morgan fingerprint density at radius 2 is 2.00 bits per heavy atom. The Hall–Kier alpha value is -2.37. The second kappa shape index (κ2) is 6.40. The number of benzene rings is 1. The molecule has 3 aromatic rings. The van der Waals surface area contributed by atoms with Gasteiger partial charge in [-0.05, 0) is 37.3 Å². The molecule has 5 nitrogen and oxygen atoms in total. The van der Waals surface area contributed by atoms with E-state index >= 15 is 0 Å². The van der Waals surface area contributed by atoms with E-state index in [1.807, 2.05) is 6.92 Å². The van der Waals surface area contributed by atoms with Gasteiger partial charge in [-0.3, -0.25) is 9.78 Å². The van der Waals surface area contributed by atoms with Crippen LogP contribution in [0.5, 0.6) is 0 Å². The van der Waals surface area contributed by atoms with Crippen LogP contribution in [-0.4, -0.2) is 15.9 Å². The van der Waals surface area contributed by atoms with E-state index in [0.29, 0.717) is 27.2 Å². The van der Waals surface area contributed by atoms with E-state index in [1.165, 1.54) is 6.26 Å². The summed E-state index contributed by atoms with van der Waals surface area (Å²) < 4.78 is 5.34. The number of amides is 1. The van der Waals surface area contributed by atoms with Crippen LogP contribution in [0.25, 0.3) is 11.5 Å². The van der Waals surface area contributed by atoms with Gasteiger partial charge in [-0.1, -0.05) is 23.2 Å². The predicted octanol–water partition coefficient (Wildman–Crippen LogP) is 4.60. The maximum Gasteiger partial charge on any atom is 0.277 e. The van der Waals surface area contributed by atoms with Crippen molar-refractivity contribution in [2.75, 3.05) is 5.32 Å². The quantitative estimate of drug-likeness (QED) is 0.751. The third-order valence-corrected chi connectivity index (χ3v) is 3.80. The number of carbonyl (C=O) groups excluding carboxylic acids is 1. The molecule has 116 valence electrons. The van der Waals surface area contributed by atoms with Crippen LogP contribution in [0, 0.1) is 6.92 Å². The van der Waals surface area contributed by atoms with E-state index in [4.69, 9.17) is 27.6 Å². The molecule has 0 atom stereocenters. The molecular weight excluding hydrogens is 337 g/mol. The number of nitrogens with zero attached hydrogens (tertiary/aromatic N) is 2. The number of hydrogen-bond donors (Lipinski definition) is 1. The van der Waals surface area contributed by atoms with Crippen molar-refractivity contribution < 1.29 is 9.21 Å². The van der Waals surface area contributed by atoms with Crippen LogP contribution < -0.4 is 5.32 Å². The van der Waals surface area contributed by atoms with E-state index in [0.717, 1.165) is 5.69 Å². The monoisotopic (exact) mass is 347 g/mol. The first kappa shape index (κ1) is 15.5. The van der Waals surface area contributed by atoms with Gasteiger partial charge in [-0.15, -0.1) is 0 Å². The topological polar surface area (TPSA) is 68.0 Å². The Kier molecular flexibility index (Phi) is 4.32. The van der Waals surface area contributed by atoms with Gasteiger partial charge < -0.3 is 9.73 Å². The van der Waals surface area contributed by atoms with Gasteiger partial charge in [0.25, 0.3) is 5.91 Å². The van der Waals surface area contributed by atoms with Crippen LogP contribution >= 0.6 is 23.2 Å². The minimum atomic E-state index is -0.370. The summed E-state index contributed by atoms with van der Waals surface area (Å²) in [6.07, 6.45) is 2.91. The van der Waals surface area contributed by atoms with Crippen molar-refractivity contribution in [2.24, 2.45) is 0 Å². The van der Waals surface area contributed by atoms with Gasteiger partial charge in [0.05, 0.1) is 10.0 Å². The lowest BCUT2D eigenvalue weighted by molar-refractivity contribution is 0.102. The summed E-state index contributed by atoms with van der Waals surface area (Å²) in [5, 5.41) is 3.56. The molecule has 0 radical (unpaired) electrons. The molecule has 1 N–H and O–H groups in total. The summed E-state index contributed by atoms with van der Waals surface area (Å²) in [5.41, 5.74) is 2.25. The van der Waals surface area contributed by atoms with Crippen LogP contribution in [0.3, 0.4) is 0 Å². The van der Waals surface area contributed by atoms with Gasteiger partial charge in [-0.2, -0.15) is 0 Å². The molecule has 0 bridgehead atoms. The highest BCUT2D eigenvalue weighted by Gasteiger charge is 2.14. The lowest BCUT2D eigenvalue weighted by Crippen LogP contribution is -2.12. The molecule has 3 rings (SSSR count). The zero-order valence-corrected chi connectivity index (χ0v) is 13.5. The number of anilines is 1. The maximum atomic E-state index is 12.2. The Morgan fingerprint density at radius 1 is 1.17 bits per heavy atom. The number of halogens is 2. The number of carbonyl (C=O) groups is 1. The Labute approximate surface area is 142 Å². The van der Waals surface area contributed by atoms with Crippen LogP contribution in [-0.2, 0) is 0 Å². The maximum absolute atomic E-state index is 12.2. The fourth-order valence-corrected chi connectivity index (χ4v) is 2.26.